The predicted molar refractivity (Wildman–Crippen MR) is 112 cm³/mol. The van der Waals surface area contributed by atoms with Gasteiger partial charge in [-0.15, -0.1) is 0 Å². The number of carbonyl (C=O) groups excluding carboxylic acids is 2. The van der Waals surface area contributed by atoms with Gasteiger partial charge in [-0.1, -0.05) is 33.6 Å². The van der Waals surface area contributed by atoms with Gasteiger partial charge in [0.25, 0.3) is 11.8 Å². The number of hydrogen-bond donors (Lipinski definition) is 1. The van der Waals surface area contributed by atoms with Crippen LogP contribution in [0, 0.1) is 0 Å². The number of anilines is 1. The van der Waals surface area contributed by atoms with Gasteiger partial charge in [-0.25, -0.2) is 5.01 Å². The number of carbonyl (C=O) groups is 2. The molecule has 1 fully saturated rings. The van der Waals surface area contributed by atoms with Crippen LogP contribution in [0.5, 0.6) is 11.5 Å². The minimum absolute atomic E-state index is 0.00245. The maximum absolute atomic E-state index is 12.8. The Morgan fingerprint density at radius 2 is 1.89 bits per heavy atom. The second kappa shape index (κ2) is 8.67. The number of amides is 2. The average molecular weight is 466 g/mol. The number of ether oxygens (including phenoxy) is 2. The van der Waals surface area contributed by atoms with E-state index in [9.17, 15) is 9.59 Å². The van der Waals surface area contributed by atoms with Crippen molar-refractivity contribution in [1.82, 2.24) is 5.43 Å². The third kappa shape index (κ3) is 4.15. The van der Waals surface area contributed by atoms with Gasteiger partial charge in [0.2, 0.25) is 0 Å². The summed E-state index contributed by atoms with van der Waals surface area (Å²) in [6.45, 7) is 4.55. The first kappa shape index (κ1) is 20.2. The molecule has 2 aromatic rings. The molecule has 0 saturated carbocycles. The quantitative estimate of drug-likeness (QED) is 0.508. The third-order valence-corrected chi connectivity index (χ3v) is 4.66. The Kier molecular flexibility index (Phi) is 6.26. The number of nitrogens with zero attached hydrogens (tertiary/aromatic N) is 1. The van der Waals surface area contributed by atoms with E-state index in [4.69, 9.17) is 21.1 Å². The van der Waals surface area contributed by atoms with Crippen molar-refractivity contribution in [3.05, 3.63) is 57.0 Å². The first-order valence-electron chi connectivity index (χ1n) is 8.66. The number of benzene rings is 2. The zero-order chi connectivity index (χ0) is 20.3. The van der Waals surface area contributed by atoms with Crippen LogP contribution in [-0.4, -0.2) is 25.0 Å². The van der Waals surface area contributed by atoms with Crippen molar-refractivity contribution in [2.24, 2.45) is 0 Å². The van der Waals surface area contributed by atoms with Gasteiger partial charge in [0.1, 0.15) is 5.57 Å². The van der Waals surface area contributed by atoms with Crippen molar-refractivity contribution < 1.29 is 19.1 Å². The summed E-state index contributed by atoms with van der Waals surface area (Å²) in [4.78, 5) is 25.1. The standard InChI is InChI=1S/C20H18BrClN2O4/c1-3-27-17-10-12(9-16(22)18(17)28-4-2)8-15-19(25)23-24(20(15)26)14-7-5-6-13(21)11-14/h5-11H,3-4H2,1-2H3,(H,23,25). The second-order valence-corrected chi connectivity index (χ2v) is 7.14. The van der Waals surface area contributed by atoms with Crippen molar-refractivity contribution in [2.75, 3.05) is 18.2 Å². The highest BCUT2D eigenvalue weighted by Gasteiger charge is 2.34. The molecule has 2 amide bonds. The largest absolute Gasteiger partial charge is 0.490 e. The lowest BCUT2D eigenvalue weighted by atomic mass is 10.1. The molecule has 0 bridgehead atoms. The molecule has 2 aromatic carbocycles. The Balaban J connectivity index is 1.96. The van der Waals surface area contributed by atoms with Gasteiger partial charge in [0.05, 0.1) is 23.9 Å². The zero-order valence-electron chi connectivity index (χ0n) is 15.3. The van der Waals surface area contributed by atoms with Crippen molar-refractivity contribution in [1.29, 1.82) is 0 Å². The molecule has 0 unspecified atom stereocenters. The molecule has 28 heavy (non-hydrogen) atoms. The van der Waals surface area contributed by atoms with Crippen LogP contribution in [0.1, 0.15) is 19.4 Å². The summed E-state index contributed by atoms with van der Waals surface area (Å²) < 4.78 is 11.9. The summed E-state index contributed by atoms with van der Waals surface area (Å²) in [5.74, 6) is -0.0523. The summed E-state index contributed by atoms with van der Waals surface area (Å²) in [5.41, 5.74) is 3.69. The van der Waals surface area contributed by atoms with E-state index < -0.39 is 11.8 Å². The Morgan fingerprint density at radius 3 is 2.57 bits per heavy atom. The van der Waals surface area contributed by atoms with E-state index in [0.717, 1.165) is 4.47 Å². The van der Waals surface area contributed by atoms with Crippen LogP contribution >= 0.6 is 27.5 Å². The minimum Gasteiger partial charge on any atom is -0.490 e. The molecule has 1 aliphatic heterocycles. The molecule has 0 aliphatic carbocycles. The maximum atomic E-state index is 12.8. The molecule has 6 nitrogen and oxygen atoms in total. The fraction of sp³-hybridized carbons (Fsp3) is 0.200. The molecule has 3 rings (SSSR count). The lowest BCUT2D eigenvalue weighted by Crippen LogP contribution is -2.35. The highest BCUT2D eigenvalue weighted by molar-refractivity contribution is 9.10. The fourth-order valence-corrected chi connectivity index (χ4v) is 3.40. The molecule has 1 aliphatic rings. The summed E-state index contributed by atoms with van der Waals surface area (Å²) in [7, 11) is 0. The number of hydrogen-bond acceptors (Lipinski definition) is 4. The van der Waals surface area contributed by atoms with Crippen LogP contribution in [-0.2, 0) is 9.59 Å². The van der Waals surface area contributed by atoms with E-state index in [2.05, 4.69) is 21.4 Å². The van der Waals surface area contributed by atoms with Crippen molar-refractivity contribution >= 4 is 51.1 Å². The van der Waals surface area contributed by atoms with Crippen LogP contribution in [0.25, 0.3) is 6.08 Å². The molecular formula is C20H18BrClN2O4. The fourth-order valence-electron chi connectivity index (χ4n) is 2.74. The number of nitrogens with one attached hydrogen (secondary N) is 1. The minimum atomic E-state index is -0.493. The summed E-state index contributed by atoms with van der Waals surface area (Å²) in [5, 5.41) is 1.55. The monoisotopic (exact) mass is 464 g/mol. The summed E-state index contributed by atoms with van der Waals surface area (Å²) in [6, 6.07) is 10.4. The van der Waals surface area contributed by atoms with E-state index in [1.807, 2.05) is 19.9 Å². The summed E-state index contributed by atoms with van der Waals surface area (Å²) in [6.07, 6.45) is 1.49. The van der Waals surface area contributed by atoms with Crippen LogP contribution < -0.4 is 19.9 Å². The molecule has 0 radical (unpaired) electrons. The lowest BCUT2D eigenvalue weighted by molar-refractivity contribution is -0.117. The van der Waals surface area contributed by atoms with Crippen LogP contribution in [0.4, 0.5) is 5.69 Å². The Hall–Kier alpha value is -2.51. The highest BCUT2D eigenvalue weighted by Crippen LogP contribution is 2.37. The van der Waals surface area contributed by atoms with Crippen molar-refractivity contribution in [2.45, 2.75) is 13.8 Å². The van der Waals surface area contributed by atoms with Crippen molar-refractivity contribution in [3.8, 4) is 11.5 Å². The SMILES string of the molecule is CCOc1cc(C=C2C(=O)NN(c3cccc(Br)c3)C2=O)cc(Cl)c1OCC. The van der Waals surface area contributed by atoms with Gasteiger partial charge < -0.3 is 9.47 Å². The highest BCUT2D eigenvalue weighted by atomic mass is 79.9. The van der Waals surface area contributed by atoms with Crippen LogP contribution in [0.2, 0.25) is 5.02 Å². The van der Waals surface area contributed by atoms with Gasteiger partial charge in [-0.2, -0.15) is 0 Å². The van der Waals surface area contributed by atoms with Gasteiger partial charge in [0.15, 0.2) is 11.5 Å². The molecule has 1 N–H and O–H groups in total. The molecule has 0 spiro atoms. The molecule has 146 valence electrons. The number of halogens is 2. The third-order valence-electron chi connectivity index (χ3n) is 3.89. The normalized spacial score (nSPS) is 15.1. The average Bonchev–Trinajstić information content (AvgIpc) is 2.93. The number of hydrazine groups is 1. The van der Waals surface area contributed by atoms with E-state index in [0.29, 0.717) is 41.0 Å². The molecular weight excluding hydrogens is 448 g/mol. The Morgan fingerprint density at radius 1 is 1.14 bits per heavy atom. The van der Waals surface area contributed by atoms with Crippen molar-refractivity contribution in [3.63, 3.8) is 0 Å². The smallest absolute Gasteiger partial charge is 0.282 e. The molecule has 1 saturated heterocycles. The lowest BCUT2D eigenvalue weighted by Gasteiger charge is -2.14. The van der Waals surface area contributed by atoms with Gasteiger partial charge >= 0.3 is 0 Å². The van der Waals surface area contributed by atoms with E-state index in [-0.39, 0.29) is 5.57 Å². The zero-order valence-corrected chi connectivity index (χ0v) is 17.6. The predicted octanol–water partition coefficient (Wildman–Crippen LogP) is 4.36. The van der Waals surface area contributed by atoms with Gasteiger partial charge in [-0.05, 0) is 55.8 Å². The Labute approximate surface area is 176 Å². The van der Waals surface area contributed by atoms with Gasteiger partial charge in [0, 0.05) is 4.47 Å². The molecule has 1 heterocycles. The van der Waals surface area contributed by atoms with Crippen LogP contribution in [0.15, 0.2) is 46.4 Å². The second-order valence-electron chi connectivity index (χ2n) is 5.82. The first-order chi connectivity index (χ1) is 13.4. The molecule has 8 heteroatoms. The first-order valence-corrected chi connectivity index (χ1v) is 9.83. The molecule has 0 atom stereocenters. The summed E-state index contributed by atoms with van der Waals surface area (Å²) >= 11 is 9.67. The number of rotatable bonds is 6. The topological polar surface area (TPSA) is 67.9 Å². The maximum Gasteiger partial charge on any atom is 0.282 e. The van der Waals surface area contributed by atoms with E-state index >= 15 is 0 Å². The Bertz CT molecular complexity index is 961. The van der Waals surface area contributed by atoms with E-state index in [1.165, 1.54) is 11.1 Å². The van der Waals surface area contributed by atoms with Gasteiger partial charge in [-0.3, -0.25) is 15.0 Å². The molecule has 0 aromatic heterocycles. The van der Waals surface area contributed by atoms with E-state index in [1.54, 1.807) is 30.3 Å². The van der Waals surface area contributed by atoms with Crippen LogP contribution in [0.3, 0.4) is 0 Å².